The fourth-order valence-corrected chi connectivity index (χ4v) is 7.55. The van der Waals surface area contributed by atoms with E-state index in [1.54, 1.807) is 0 Å². The number of ether oxygens (including phenoxy) is 2. The van der Waals surface area contributed by atoms with Crippen molar-refractivity contribution in [1.29, 1.82) is 0 Å². The van der Waals surface area contributed by atoms with Gasteiger partial charge in [0.2, 0.25) is 0 Å². The summed E-state index contributed by atoms with van der Waals surface area (Å²) >= 11 is 0. The molecule has 2 heterocycles. The molecule has 0 N–H and O–H groups in total. The van der Waals surface area contributed by atoms with Crippen molar-refractivity contribution in [3.05, 3.63) is 193 Å². The van der Waals surface area contributed by atoms with Gasteiger partial charge in [0.05, 0.1) is 12.4 Å². The molecular weight excluding hydrogens is 639 g/mol. The van der Waals surface area contributed by atoms with Gasteiger partial charge >= 0.3 is 0 Å². The number of hydrogen-bond acceptors (Lipinski definition) is 5. The predicted molar refractivity (Wildman–Crippen MR) is 210 cm³/mol. The molecule has 252 valence electrons. The molecule has 0 saturated carbocycles. The summed E-state index contributed by atoms with van der Waals surface area (Å²) in [4.78, 5) is 9.14. The second-order valence-electron chi connectivity index (χ2n) is 13.6. The number of nitrogens with zero attached hydrogens (tertiary/aromatic N) is 3. The van der Waals surface area contributed by atoms with Crippen LogP contribution in [0, 0.1) is 0 Å². The molecule has 7 aromatic rings. The van der Waals surface area contributed by atoms with Gasteiger partial charge in [-0.1, -0.05) is 84.9 Å². The van der Waals surface area contributed by atoms with Crippen LogP contribution in [0.4, 0.5) is 5.69 Å². The molecular formula is C47H37N3O2. The van der Waals surface area contributed by atoms with Gasteiger partial charge in [0.25, 0.3) is 0 Å². The van der Waals surface area contributed by atoms with Gasteiger partial charge in [0.1, 0.15) is 23.0 Å². The van der Waals surface area contributed by atoms with E-state index < -0.39 is 0 Å². The highest BCUT2D eigenvalue weighted by Gasteiger charge is 2.40. The summed E-state index contributed by atoms with van der Waals surface area (Å²) in [6.07, 6.45) is 6.03. The van der Waals surface area contributed by atoms with Crippen molar-refractivity contribution in [2.45, 2.75) is 12.3 Å². The monoisotopic (exact) mass is 675 g/mol. The molecule has 1 aliphatic heterocycles. The van der Waals surface area contributed by atoms with Crippen molar-refractivity contribution in [1.82, 2.24) is 9.88 Å². The van der Waals surface area contributed by atoms with Crippen molar-refractivity contribution < 1.29 is 9.47 Å². The summed E-state index contributed by atoms with van der Waals surface area (Å²) in [6.45, 7) is 3.14. The number of aromatic nitrogens is 1. The number of pyridine rings is 1. The van der Waals surface area contributed by atoms with Crippen molar-refractivity contribution in [2.75, 3.05) is 18.6 Å². The number of anilines is 1. The molecule has 52 heavy (non-hydrogen) atoms. The van der Waals surface area contributed by atoms with Crippen LogP contribution in [0.3, 0.4) is 0 Å². The Morgan fingerprint density at radius 1 is 0.538 bits per heavy atom. The van der Waals surface area contributed by atoms with Crippen LogP contribution in [-0.2, 0) is 5.41 Å². The Kier molecular flexibility index (Phi) is 7.81. The average molecular weight is 676 g/mol. The molecule has 0 unspecified atom stereocenters. The number of benzene rings is 6. The van der Waals surface area contributed by atoms with E-state index >= 15 is 0 Å². The lowest BCUT2D eigenvalue weighted by molar-refractivity contribution is 0.480. The Morgan fingerprint density at radius 2 is 1.19 bits per heavy atom. The van der Waals surface area contributed by atoms with Crippen LogP contribution in [0.5, 0.6) is 23.0 Å². The SMILES string of the molecule is CN1C=CN(c2cccc(Oc3cccc(-c4cc(-c5cc(Oc6ccccc6)cc(C6(C)c7ccccc7-c7ccccc76)c5)ccn4)c3)c2)C1. The van der Waals surface area contributed by atoms with E-state index in [9.17, 15) is 0 Å². The highest BCUT2D eigenvalue weighted by atomic mass is 16.5. The molecule has 0 amide bonds. The Labute approximate surface area is 304 Å². The van der Waals surface area contributed by atoms with E-state index in [0.717, 1.165) is 57.7 Å². The van der Waals surface area contributed by atoms with Gasteiger partial charge in [-0.25, -0.2) is 0 Å². The average Bonchev–Trinajstić information content (AvgIpc) is 3.75. The summed E-state index contributed by atoms with van der Waals surface area (Å²) in [6, 6.07) is 54.7. The van der Waals surface area contributed by atoms with Crippen LogP contribution in [0.15, 0.2) is 176 Å². The Bertz CT molecular complexity index is 2410. The first-order valence-corrected chi connectivity index (χ1v) is 17.6. The maximum absolute atomic E-state index is 6.55. The Morgan fingerprint density at radius 3 is 1.94 bits per heavy atom. The summed E-state index contributed by atoms with van der Waals surface area (Å²) < 4.78 is 12.9. The predicted octanol–water partition coefficient (Wildman–Crippen LogP) is 11.5. The molecule has 0 radical (unpaired) electrons. The Balaban J connectivity index is 1.09. The van der Waals surface area contributed by atoms with Crippen molar-refractivity contribution >= 4 is 5.69 Å². The van der Waals surface area contributed by atoms with Gasteiger partial charge < -0.3 is 19.3 Å². The zero-order chi connectivity index (χ0) is 35.1. The lowest BCUT2D eigenvalue weighted by atomic mass is 9.73. The number of rotatable bonds is 8. The van der Waals surface area contributed by atoms with E-state index in [-0.39, 0.29) is 5.41 Å². The first kappa shape index (κ1) is 31.4. The number of hydrogen-bond donors (Lipinski definition) is 0. The minimum absolute atomic E-state index is 0.377. The van der Waals surface area contributed by atoms with Crippen molar-refractivity contribution in [3.63, 3.8) is 0 Å². The Hall–Kier alpha value is -6.59. The van der Waals surface area contributed by atoms with Crippen LogP contribution >= 0.6 is 0 Å². The van der Waals surface area contributed by atoms with E-state index in [1.165, 1.54) is 27.8 Å². The molecule has 1 aliphatic carbocycles. The highest BCUT2D eigenvalue weighted by molar-refractivity contribution is 5.84. The fraction of sp³-hybridized carbons (Fsp3) is 0.0851. The number of para-hydroxylation sites is 1. The quantitative estimate of drug-likeness (QED) is 0.160. The van der Waals surface area contributed by atoms with Gasteiger partial charge in [-0.2, -0.15) is 0 Å². The van der Waals surface area contributed by atoms with Crippen LogP contribution in [0.1, 0.15) is 23.6 Å². The summed E-state index contributed by atoms with van der Waals surface area (Å²) in [5.74, 6) is 3.12. The maximum Gasteiger partial charge on any atom is 0.129 e. The van der Waals surface area contributed by atoms with Gasteiger partial charge in [-0.3, -0.25) is 4.98 Å². The molecule has 0 spiro atoms. The van der Waals surface area contributed by atoms with Crippen LogP contribution < -0.4 is 14.4 Å². The van der Waals surface area contributed by atoms with Gasteiger partial charge in [-0.15, -0.1) is 0 Å². The molecule has 0 atom stereocenters. The second kappa shape index (κ2) is 12.9. The van der Waals surface area contributed by atoms with E-state index in [0.29, 0.717) is 0 Å². The zero-order valence-electron chi connectivity index (χ0n) is 29.1. The molecule has 0 fully saturated rings. The van der Waals surface area contributed by atoms with Crippen molar-refractivity contribution in [2.24, 2.45) is 0 Å². The van der Waals surface area contributed by atoms with Crippen LogP contribution in [0.25, 0.3) is 33.5 Å². The molecule has 9 rings (SSSR count). The third kappa shape index (κ3) is 5.76. The van der Waals surface area contributed by atoms with E-state index in [2.05, 4.69) is 139 Å². The molecule has 5 heteroatoms. The standard InChI is InChI=1S/C47H37N3O2/c1-47(44-20-8-6-18-42(44)43-19-7-9-21-45(43)47)36-26-35(28-41(30-36)51-38-14-4-3-5-15-38)33-22-23-48-46(29-33)34-12-10-16-39(27-34)52-40-17-11-13-37(31-40)50-25-24-49(2)32-50/h3-31H,32H2,1-2H3. The maximum atomic E-state index is 6.55. The van der Waals surface area contributed by atoms with Crippen LogP contribution in [-0.4, -0.2) is 23.6 Å². The van der Waals surface area contributed by atoms with Gasteiger partial charge in [-0.05, 0) is 113 Å². The summed E-state index contributed by atoms with van der Waals surface area (Å²) in [7, 11) is 2.06. The normalized spacial score (nSPS) is 13.9. The first-order chi connectivity index (χ1) is 25.5. The highest BCUT2D eigenvalue weighted by Crippen LogP contribution is 2.53. The van der Waals surface area contributed by atoms with E-state index in [4.69, 9.17) is 14.5 Å². The second-order valence-corrected chi connectivity index (χ2v) is 13.6. The molecule has 0 saturated heterocycles. The molecule has 2 aliphatic rings. The van der Waals surface area contributed by atoms with Crippen LogP contribution in [0.2, 0.25) is 0 Å². The first-order valence-electron chi connectivity index (χ1n) is 17.6. The third-order valence-electron chi connectivity index (χ3n) is 10.2. The van der Waals surface area contributed by atoms with Gasteiger partial charge in [0.15, 0.2) is 0 Å². The molecule has 0 bridgehead atoms. The lowest BCUT2D eigenvalue weighted by Gasteiger charge is -2.29. The lowest BCUT2D eigenvalue weighted by Crippen LogP contribution is -2.22. The fourth-order valence-electron chi connectivity index (χ4n) is 7.55. The third-order valence-corrected chi connectivity index (χ3v) is 10.2. The minimum atomic E-state index is -0.377. The topological polar surface area (TPSA) is 37.8 Å². The zero-order valence-corrected chi connectivity index (χ0v) is 29.1. The van der Waals surface area contributed by atoms with E-state index in [1.807, 2.05) is 60.8 Å². The van der Waals surface area contributed by atoms with Crippen molar-refractivity contribution in [3.8, 4) is 56.5 Å². The number of fused-ring (bicyclic) bond motifs is 3. The van der Waals surface area contributed by atoms with Gasteiger partial charge in [0, 0.05) is 48.4 Å². The summed E-state index contributed by atoms with van der Waals surface area (Å²) in [5.41, 5.74) is 11.0. The minimum Gasteiger partial charge on any atom is -0.457 e. The molecule has 5 nitrogen and oxygen atoms in total. The largest absolute Gasteiger partial charge is 0.457 e. The smallest absolute Gasteiger partial charge is 0.129 e. The molecule has 1 aromatic heterocycles. The molecule has 6 aromatic carbocycles. The summed E-state index contributed by atoms with van der Waals surface area (Å²) in [5, 5.41) is 0.